The fraction of sp³-hybridized carbons (Fsp3) is 1.00. The predicted octanol–water partition coefficient (Wildman–Crippen LogP) is 2.94. The molecule has 2 N–H and O–H groups in total. The molecular weight excluding hydrogens is 182 g/mol. The second-order valence-corrected chi connectivity index (χ2v) is 6.80. The topological polar surface area (TPSA) is 26.0 Å². The van der Waals surface area contributed by atoms with Gasteiger partial charge in [0.1, 0.15) is 0 Å². The lowest BCUT2D eigenvalue weighted by Crippen LogP contribution is -2.58. The number of rotatable bonds is 1. The van der Waals surface area contributed by atoms with Gasteiger partial charge in [-0.3, -0.25) is 0 Å². The minimum Gasteiger partial charge on any atom is -0.325 e. The van der Waals surface area contributed by atoms with Gasteiger partial charge in [-0.25, -0.2) is 0 Å². The molecule has 1 heteroatoms. The Morgan fingerprint density at radius 1 is 0.933 bits per heavy atom. The average molecular weight is 205 g/mol. The Morgan fingerprint density at radius 3 is 2.40 bits per heavy atom. The maximum Gasteiger partial charge on any atom is 0.0217 e. The number of fused-ring (bicyclic) bond motifs is 3. The molecule has 5 unspecified atom stereocenters. The van der Waals surface area contributed by atoms with Crippen molar-refractivity contribution in [1.29, 1.82) is 0 Å². The molecule has 4 aliphatic rings. The van der Waals surface area contributed by atoms with Gasteiger partial charge in [-0.15, -0.1) is 0 Å². The minimum atomic E-state index is 0.321. The first-order valence-electron chi connectivity index (χ1n) is 7.08. The van der Waals surface area contributed by atoms with Gasteiger partial charge < -0.3 is 5.73 Å². The molecule has 0 aromatic heterocycles. The summed E-state index contributed by atoms with van der Waals surface area (Å²) in [6.45, 7) is 0. The minimum absolute atomic E-state index is 0.321. The van der Waals surface area contributed by atoms with Crippen LogP contribution in [0.3, 0.4) is 0 Å². The molecule has 1 nitrogen and oxygen atoms in total. The summed E-state index contributed by atoms with van der Waals surface area (Å²) in [5.74, 6) is 5.03. The lowest BCUT2D eigenvalue weighted by atomic mass is 9.59. The van der Waals surface area contributed by atoms with Gasteiger partial charge >= 0.3 is 0 Å². The van der Waals surface area contributed by atoms with E-state index in [-0.39, 0.29) is 0 Å². The summed E-state index contributed by atoms with van der Waals surface area (Å²) in [7, 11) is 0. The summed E-state index contributed by atoms with van der Waals surface area (Å²) in [4.78, 5) is 0. The van der Waals surface area contributed by atoms with Crippen molar-refractivity contribution in [2.24, 2.45) is 35.3 Å². The van der Waals surface area contributed by atoms with Crippen LogP contribution < -0.4 is 5.73 Å². The number of hydrogen-bond acceptors (Lipinski definition) is 1. The van der Waals surface area contributed by atoms with E-state index >= 15 is 0 Å². The quantitative estimate of drug-likeness (QED) is 0.700. The number of hydrogen-bond donors (Lipinski definition) is 1. The molecule has 4 fully saturated rings. The average Bonchev–Trinajstić information content (AvgIpc) is 2.59. The van der Waals surface area contributed by atoms with Gasteiger partial charge in [0.05, 0.1) is 0 Å². The first-order valence-corrected chi connectivity index (χ1v) is 7.08. The highest BCUT2D eigenvalue weighted by Gasteiger charge is 2.62. The molecule has 5 atom stereocenters. The summed E-state index contributed by atoms with van der Waals surface area (Å²) in [5.41, 5.74) is 7.02. The monoisotopic (exact) mass is 205 g/mol. The van der Waals surface area contributed by atoms with Crippen molar-refractivity contribution in [1.82, 2.24) is 0 Å². The van der Waals surface area contributed by atoms with Crippen LogP contribution in [0.15, 0.2) is 0 Å². The molecule has 0 aromatic carbocycles. The highest BCUT2D eigenvalue weighted by atomic mass is 14.9. The van der Waals surface area contributed by atoms with Crippen LogP contribution in [0, 0.1) is 29.6 Å². The molecule has 4 aliphatic carbocycles. The van der Waals surface area contributed by atoms with Gasteiger partial charge in [0.25, 0.3) is 0 Å². The van der Waals surface area contributed by atoms with E-state index in [0.717, 1.165) is 29.6 Å². The largest absolute Gasteiger partial charge is 0.325 e. The van der Waals surface area contributed by atoms with Crippen LogP contribution in [-0.4, -0.2) is 5.54 Å². The maximum absolute atomic E-state index is 6.70. The van der Waals surface area contributed by atoms with Crippen LogP contribution in [0.25, 0.3) is 0 Å². The van der Waals surface area contributed by atoms with E-state index in [0.29, 0.717) is 5.54 Å². The first-order chi connectivity index (χ1) is 7.29. The third-order valence-electron chi connectivity index (χ3n) is 6.49. The first kappa shape index (κ1) is 9.04. The van der Waals surface area contributed by atoms with Crippen molar-refractivity contribution in [2.75, 3.05) is 0 Å². The highest BCUT2D eigenvalue weighted by Crippen LogP contribution is 2.64. The summed E-state index contributed by atoms with van der Waals surface area (Å²) in [5, 5.41) is 0. The molecular formula is C14H23N. The predicted molar refractivity (Wildman–Crippen MR) is 61.3 cm³/mol. The Balaban J connectivity index is 1.62. The summed E-state index contributed by atoms with van der Waals surface area (Å²) in [6.07, 6.45) is 11.9. The smallest absolute Gasteiger partial charge is 0.0217 e. The van der Waals surface area contributed by atoms with Crippen molar-refractivity contribution in [3.63, 3.8) is 0 Å². The van der Waals surface area contributed by atoms with E-state index in [4.69, 9.17) is 5.73 Å². The van der Waals surface area contributed by atoms with E-state index in [1.54, 1.807) is 0 Å². The summed E-state index contributed by atoms with van der Waals surface area (Å²) >= 11 is 0. The van der Waals surface area contributed by atoms with Gasteiger partial charge in [-0.05, 0) is 61.7 Å². The fourth-order valence-electron chi connectivity index (χ4n) is 5.44. The van der Waals surface area contributed by atoms with Crippen LogP contribution in [-0.2, 0) is 0 Å². The maximum atomic E-state index is 6.70. The van der Waals surface area contributed by atoms with Crippen LogP contribution in [0.5, 0.6) is 0 Å². The lowest BCUT2D eigenvalue weighted by Gasteiger charge is -2.49. The Hall–Kier alpha value is -0.0400. The second-order valence-electron chi connectivity index (χ2n) is 6.80. The van der Waals surface area contributed by atoms with E-state index < -0.39 is 0 Å². The van der Waals surface area contributed by atoms with Crippen LogP contribution >= 0.6 is 0 Å². The molecule has 4 rings (SSSR count). The Morgan fingerprint density at radius 2 is 1.80 bits per heavy atom. The number of nitrogens with two attached hydrogens (primary N) is 1. The van der Waals surface area contributed by atoms with E-state index in [1.165, 1.54) is 51.4 Å². The van der Waals surface area contributed by atoms with Crippen LogP contribution in [0.1, 0.15) is 51.4 Å². The zero-order valence-electron chi connectivity index (χ0n) is 9.62. The van der Waals surface area contributed by atoms with Gasteiger partial charge in [-0.2, -0.15) is 0 Å². The normalized spacial score (nSPS) is 58.2. The highest BCUT2D eigenvalue weighted by molar-refractivity contribution is 5.16. The van der Waals surface area contributed by atoms with Crippen LogP contribution in [0.2, 0.25) is 0 Å². The molecule has 0 saturated heterocycles. The third kappa shape index (κ3) is 0.988. The van der Waals surface area contributed by atoms with Crippen LogP contribution in [0.4, 0.5) is 0 Å². The molecule has 0 spiro atoms. The lowest BCUT2D eigenvalue weighted by molar-refractivity contribution is 0.0513. The standard InChI is InChI=1S/C14H23N/c15-14-7-6-11(14)8-10-4-5-12(13(10)14)9-2-1-3-9/h9-13H,1-8,15H2. The molecule has 84 valence electrons. The molecule has 15 heavy (non-hydrogen) atoms. The SMILES string of the molecule is NC12CCC1CC1CCC(C3CCC3)C12. The van der Waals surface area contributed by atoms with Crippen molar-refractivity contribution >= 4 is 0 Å². The summed E-state index contributed by atoms with van der Waals surface area (Å²) < 4.78 is 0. The van der Waals surface area contributed by atoms with E-state index in [1.807, 2.05) is 0 Å². The fourth-order valence-corrected chi connectivity index (χ4v) is 5.44. The molecule has 0 aromatic rings. The Labute approximate surface area is 92.8 Å². The second kappa shape index (κ2) is 2.80. The van der Waals surface area contributed by atoms with Crippen molar-refractivity contribution in [3.05, 3.63) is 0 Å². The van der Waals surface area contributed by atoms with Gasteiger partial charge in [0, 0.05) is 5.54 Å². The molecule has 0 bridgehead atoms. The van der Waals surface area contributed by atoms with E-state index in [9.17, 15) is 0 Å². The zero-order valence-corrected chi connectivity index (χ0v) is 9.62. The van der Waals surface area contributed by atoms with Gasteiger partial charge in [0.2, 0.25) is 0 Å². The van der Waals surface area contributed by atoms with Crippen molar-refractivity contribution in [3.8, 4) is 0 Å². The molecule has 0 amide bonds. The van der Waals surface area contributed by atoms with Gasteiger partial charge in [0.15, 0.2) is 0 Å². The Kier molecular flexibility index (Phi) is 1.68. The molecule has 0 heterocycles. The van der Waals surface area contributed by atoms with Gasteiger partial charge in [-0.1, -0.05) is 19.3 Å². The molecule has 0 aliphatic heterocycles. The van der Waals surface area contributed by atoms with Crippen molar-refractivity contribution < 1.29 is 0 Å². The Bertz CT molecular complexity index is 283. The molecule has 0 radical (unpaired) electrons. The van der Waals surface area contributed by atoms with Crippen molar-refractivity contribution in [2.45, 2.75) is 56.9 Å². The third-order valence-corrected chi connectivity index (χ3v) is 6.49. The molecule has 4 saturated carbocycles. The van der Waals surface area contributed by atoms with E-state index in [2.05, 4.69) is 0 Å². The summed E-state index contributed by atoms with van der Waals surface area (Å²) in [6, 6.07) is 0. The zero-order chi connectivity index (χ0) is 10.0.